The zero-order valence-corrected chi connectivity index (χ0v) is 10.9. The maximum atomic E-state index is 13.6. The molecule has 0 bridgehead atoms. The van der Waals surface area contributed by atoms with Crippen LogP contribution in [0, 0.1) is 29.4 Å². The molecule has 1 aliphatic carbocycles. The fraction of sp³-hybridized carbons (Fsp3) is 0.600. The van der Waals surface area contributed by atoms with Gasteiger partial charge in [-0.1, -0.05) is 20.3 Å². The molecule has 1 aliphatic rings. The molecule has 0 aromatic heterocycles. The van der Waals surface area contributed by atoms with E-state index in [1.54, 1.807) is 0 Å². The highest BCUT2D eigenvalue weighted by molar-refractivity contribution is 5.21. The first-order chi connectivity index (χ1) is 8.49. The minimum atomic E-state index is -0.893. The summed E-state index contributed by atoms with van der Waals surface area (Å²) in [5.41, 5.74) is 0.0988. The quantitative estimate of drug-likeness (QED) is 0.843. The molecule has 1 fully saturated rings. The summed E-state index contributed by atoms with van der Waals surface area (Å²) >= 11 is 0. The van der Waals surface area contributed by atoms with Crippen LogP contribution in [0.2, 0.25) is 0 Å². The fourth-order valence-electron chi connectivity index (χ4n) is 2.87. The van der Waals surface area contributed by atoms with Gasteiger partial charge in [0, 0.05) is 5.56 Å². The molecule has 0 saturated heterocycles. The largest absolute Gasteiger partial charge is 0.388 e. The molecule has 0 spiro atoms. The Hall–Kier alpha value is -0.960. The van der Waals surface area contributed by atoms with Crippen molar-refractivity contribution in [1.29, 1.82) is 0 Å². The molecule has 1 aromatic rings. The number of aliphatic hydroxyl groups excluding tert-OH is 1. The molecule has 0 heterocycles. The second-order valence-corrected chi connectivity index (χ2v) is 5.64. The van der Waals surface area contributed by atoms with E-state index in [1.165, 1.54) is 0 Å². The van der Waals surface area contributed by atoms with Crippen LogP contribution in [0.5, 0.6) is 0 Å². The van der Waals surface area contributed by atoms with Crippen LogP contribution in [0.25, 0.3) is 0 Å². The Morgan fingerprint density at radius 3 is 2.56 bits per heavy atom. The monoisotopic (exact) mass is 254 g/mol. The Morgan fingerprint density at radius 2 is 1.89 bits per heavy atom. The van der Waals surface area contributed by atoms with E-state index in [0.717, 1.165) is 37.5 Å². The number of rotatable bonds is 2. The molecule has 4 atom stereocenters. The van der Waals surface area contributed by atoms with Crippen molar-refractivity contribution in [2.75, 3.05) is 0 Å². The van der Waals surface area contributed by atoms with Crippen LogP contribution in [0.1, 0.15) is 44.8 Å². The normalized spacial score (nSPS) is 30.2. The van der Waals surface area contributed by atoms with Gasteiger partial charge in [0.2, 0.25) is 0 Å². The zero-order chi connectivity index (χ0) is 13.3. The van der Waals surface area contributed by atoms with Crippen molar-refractivity contribution in [3.8, 4) is 0 Å². The Bertz CT molecular complexity index is 419. The molecule has 1 nitrogen and oxygen atoms in total. The lowest BCUT2D eigenvalue weighted by Gasteiger charge is -2.34. The van der Waals surface area contributed by atoms with E-state index in [2.05, 4.69) is 13.8 Å². The van der Waals surface area contributed by atoms with Crippen molar-refractivity contribution < 1.29 is 13.9 Å². The minimum Gasteiger partial charge on any atom is -0.388 e. The van der Waals surface area contributed by atoms with Gasteiger partial charge in [-0.25, -0.2) is 8.78 Å². The summed E-state index contributed by atoms with van der Waals surface area (Å²) in [4.78, 5) is 0. The second kappa shape index (κ2) is 5.35. The van der Waals surface area contributed by atoms with Gasteiger partial charge in [-0.05, 0) is 48.8 Å². The third-order valence-electron chi connectivity index (χ3n) is 4.36. The molecular formula is C15H20F2O. The summed E-state index contributed by atoms with van der Waals surface area (Å²) in [6, 6.07) is 3.28. The smallest absolute Gasteiger partial charge is 0.129 e. The molecule has 1 aromatic carbocycles. The first-order valence-corrected chi connectivity index (χ1v) is 6.62. The standard InChI is InChI=1S/C15H20F2O/c1-9-3-4-11(7-10(9)2)15(18)13-8-12(16)5-6-14(13)17/h5-6,8-11,15,18H,3-4,7H2,1-2H3. The Morgan fingerprint density at radius 1 is 1.17 bits per heavy atom. The van der Waals surface area contributed by atoms with Gasteiger partial charge in [-0.15, -0.1) is 0 Å². The predicted octanol–water partition coefficient (Wildman–Crippen LogP) is 4.07. The fourth-order valence-corrected chi connectivity index (χ4v) is 2.87. The van der Waals surface area contributed by atoms with E-state index in [0.29, 0.717) is 11.8 Å². The average molecular weight is 254 g/mol. The molecule has 18 heavy (non-hydrogen) atoms. The predicted molar refractivity (Wildman–Crippen MR) is 67.0 cm³/mol. The van der Waals surface area contributed by atoms with Crippen LogP contribution in [0.3, 0.4) is 0 Å². The minimum absolute atomic E-state index is 0.0347. The van der Waals surface area contributed by atoms with Crippen LogP contribution in [0.4, 0.5) is 8.78 Å². The Balaban J connectivity index is 2.16. The Labute approximate surface area is 107 Å². The van der Waals surface area contributed by atoms with Crippen molar-refractivity contribution >= 4 is 0 Å². The molecule has 0 aliphatic heterocycles. The molecule has 100 valence electrons. The van der Waals surface area contributed by atoms with Gasteiger partial charge in [0.05, 0.1) is 6.10 Å². The average Bonchev–Trinajstić information content (AvgIpc) is 2.35. The lowest BCUT2D eigenvalue weighted by atomic mass is 9.73. The summed E-state index contributed by atoms with van der Waals surface area (Å²) in [5.74, 6) is 0.186. The van der Waals surface area contributed by atoms with Crippen molar-refractivity contribution in [1.82, 2.24) is 0 Å². The highest BCUT2D eigenvalue weighted by Gasteiger charge is 2.31. The van der Waals surface area contributed by atoms with Crippen LogP contribution < -0.4 is 0 Å². The second-order valence-electron chi connectivity index (χ2n) is 5.64. The summed E-state index contributed by atoms with van der Waals surface area (Å²) in [6.07, 6.45) is 1.90. The van der Waals surface area contributed by atoms with Crippen LogP contribution in [0.15, 0.2) is 18.2 Å². The third kappa shape index (κ3) is 2.72. The molecule has 0 radical (unpaired) electrons. The zero-order valence-electron chi connectivity index (χ0n) is 10.9. The van der Waals surface area contributed by atoms with Gasteiger partial charge < -0.3 is 5.11 Å². The van der Waals surface area contributed by atoms with Crippen LogP contribution in [-0.4, -0.2) is 5.11 Å². The van der Waals surface area contributed by atoms with E-state index in [-0.39, 0.29) is 11.5 Å². The van der Waals surface area contributed by atoms with Crippen molar-refractivity contribution in [2.24, 2.45) is 17.8 Å². The molecule has 0 amide bonds. The third-order valence-corrected chi connectivity index (χ3v) is 4.36. The highest BCUT2D eigenvalue weighted by atomic mass is 19.1. The molecule has 3 heteroatoms. The first-order valence-electron chi connectivity index (χ1n) is 6.62. The highest BCUT2D eigenvalue weighted by Crippen LogP contribution is 2.40. The van der Waals surface area contributed by atoms with E-state index in [4.69, 9.17) is 0 Å². The van der Waals surface area contributed by atoms with Gasteiger partial charge >= 0.3 is 0 Å². The number of hydrogen-bond donors (Lipinski definition) is 1. The van der Waals surface area contributed by atoms with Crippen molar-refractivity contribution in [3.63, 3.8) is 0 Å². The lowest BCUT2D eigenvalue weighted by Crippen LogP contribution is -2.25. The molecular weight excluding hydrogens is 234 g/mol. The number of aliphatic hydroxyl groups is 1. The van der Waals surface area contributed by atoms with Gasteiger partial charge in [-0.2, -0.15) is 0 Å². The summed E-state index contributed by atoms with van der Waals surface area (Å²) in [6.45, 7) is 4.36. The number of benzene rings is 1. The maximum absolute atomic E-state index is 13.6. The molecule has 1 saturated carbocycles. The molecule has 2 rings (SSSR count). The van der Waals surface area contributed by atoms with E-state index < -0.39 is 17.7 Å². The molecule has 4 unspecified atom stereocenters. The summed E-state index contributed by atoms with van der Waals surface area (Å²) < 4.78 is 26.8. The van der Waals surface area contributed by atoms with E-state index in [9.17, 15) is 13.9 Å². The SMILES string of the molecule is CC1CCC(C(O)c2cc(F)ccc2F)CC1C. The number of hydrogen-bond acceptors (Lipinski definition) is 1. The maximum Gasteiger partial charge on any atom is 0.129 e. The molecule has 1 N–H and O–H groups in total. The van der Waals surface area contributed by atoms with Gasteiger partial charge in [0.25, 0.3) is 0 Å². The van der Waals surface area contributed by atoms with Crippen molar-refractivity contribution in [2.45, 2.75) is 39.2 Å². The first kappa shape index (κ1) is 13.5. The van der Waals surface area contributed by atoms with Gasteiger partial charge in [0.1, 0.15) is 11.6 Å². The van der Waals surface area contributed by atoms with Gasteiger partial charge in [0.15, 0.2) is 0 Å². The van der Waals surface area contributed by atoms with Crippen molar-refractivity contribution in [3.05, 3.63) is 35.4 Å². The summed E-state index contributed by atoms with van der Waals surface area (Å²) in [5, 5.41) is 10.2. The van der Waals surface area contributed by atoms with E-state index >= 15 is 0 Å². The van der Waals surface area contributed by atoms with E-state index in [1.807, 2.05) is 0 Å². The topological polar surface area (TPSA) is 20.2 Å². The lowest BCUT2D eigenvalue weighted by molar-refractivity contribution is 0.0534. The summed E-state index contributed by atoms with van der Waals surface area (Å²) in [7, 11) is 0. The van der Waals surface area contributed by atoms with Gasteiger partial charge in [-0.3, -0.25) is 0 Å². The van der Waals surface area contributed by atoms with Crippen LogP contribution in [-0.2, 0) is 0 Å². The van der Waals surface area contributed by atoms with Crippen LogP contribution >= 0.6 is 0 Å². The number of halogens is 2. The Kier molecular flexibility index (Phi) is 4.00.